The molecule has 2 amide bonds. The van der Waals surface area contributed by atoms with Gasteiger partial charge < -0.3 is 10.2 Å². The Morgan fingerprint density at radius 2 is 1.95 bits per heavy atom. The third-order valence-electron chi connectivity index (χ3n) is 3.56. The van der Waals surface area contributed by atoms with Crippen LogP contribution in [0, 0.1) is 5.92 Å². The fourth-order valence-electron chi connectivity index (χ4n) is 2.34. The molecule has 0 aromatic heterocycles. The minimum absolute atomic E-state index is 0.0448. The van der Waals surface area contributed by atoms with Gasteiger partial charge in [0, 0.05) is 29.6 Å². The first kappa shape index (κ1) is 12.5. The molecule has 2 fully saturated rings. The van der Waals surface area contributed by atoms with Crippen LogP contribution in [0.2, 0.25) is 5.02 Å². The van der Waals surface area contributed by atoms with Crippen molar-refractivity contribution in [2.24, 2.45) is 5.92 Å². The van der Waals surface area contributed by atoms with Gasteiger partial charge in [-0.3, -0.25) is 9.59 Å². The number of rotatable bonds is 3. The molecule has 1 heterocycles. The normalized spacial score (nSPS) is 22.7. The van der Waals surface area contributed by atoms with Gasteiger partial charge in [-0.25, -0.2) is 0 Å². The van der Waals surface area contributed by atoms with Crippen LogP contribution in [0.25, 0.3) is 0 Å². The number of anilines is 1. The van der Waals surface area contributed by atoms with Crippen molar-refractivity contribution in [2.75, 3.05) is 11.4 Å². The van der Waals surface area contributed by atoms with E-state index in [0.29, 0.717) is 18.0 Å². The Labute approximate surface area is 116 Å². The molecule has 5 heteroatoms. The van der Waals surface area contributed by atoms with Gasteiger partial charge in [0.25, 0.3) is 0 Å². The van der Waals surface area contributed by atoms with Crippen LogP contribution < -0.4 is 10.2 Å². The lowest BCUT2D eigenvalue weighted by atomic mass is 10.2. The lowest BCUT2D eigenvalue weighted by molar-refractivity contribution is -0.122. The molecule has 1 saturated heterocycles. The number of nitrogens with one attached hydrogen (secondary N) is 1. The lowest BCUT2D eigenvalue weighted by Gasteiger charge is -2.17. The number of carbonyl (C=O) groups is 2. The topological polar surface area (TPSA) is 49.4 Å². The zero-order chi connectivity index (χ0) is 13.4. The zero-order valence-electron chi connectivity index (χ0n) is 10.4. The highest BCUT2D eigenvalue weighted by Crippen LogP contribution is 2.30. The first-order chi connectivity index (χ1) is 9.13. The molecule has 100 valence electrons. The zero-order valence-corrected chi connectivity index (χ0v) is 11.2. The average molecular weight is 279 g/mol. The molecular weight excluding hydrogens is 264 g/mol. The van der Waals surface area contributed by atoms with E-state index >= 15 is 0 Å². The number of halogens is 1. The molecule has 19 heavy (non-hydrogen) atoms. The Balaban J connectivity index is 1.65. The molecule has 1 saturated carbocycles. The van der Waals surface area contributed by atoms with Crippen molar-refractivity contribution in [2.45, 2.75) is 25.3 Å². The van der Waals surface area contributed by atoms with Crippen molar-refractivity contribution < 1.29 is 9.59 Å². The number of hydrogen-bond donors (Lipinski definition) is 1. The van der Waals surface area contributed by atoms with E-state index in [9.17, 15) is 9.59 Å². The Kier molecular flexibility index (Phi) is 3.19. The highest BCUT2D eigenvalue weighted by Gasteiger charge is 2.35. The number of amides is 2. The lowest BCUT2D eigenvalue weighted by Crippen LogP contribution is -2.37. The summed E-state index contributed by atoms with van der Waals surface area (Å²) in [7, 11) is 0. The first-order valence-electron chi connectivity index (χ1n) is 6.50. The molecule has 1 aliphatic heterocycles. The third kappa shape index (κ3) is 2.73. The minimum atomic E-state index is -0.0729. The maximum absolute atomic E-state index is 12.0. The molecule has 0 radical (unpaired) electrons. The average Bonchev–Trinajstić information content (AvgIpc) is 3.16. The van der Waals surface area contributed by atoms with Gasteiger partial charge in [0.2, 0.25) is 11.8 Å². The van der Waals surface area contributed by atoms with Crippen molar-refractivity contribution in [1.29, 1.82) is 0 Å². The van der Waals surface area contributed by atoms with Crippen LogP contribution in [0.15, 0.2) is 24.3 Å². The van der Waals surface area contributed by atoms with E-state index in [0.717, 1.165) is 18.5 Å². The van der Waals surface area contributed by atoms with Crippen LogP contribution in [0.4, 0.5) is 5.69 Å². The summed E-state index contributed by atoms with van der Waals surface area (Å²) < 4.78 is 0. The van der Waals surface area contributed by atoms with Crippen molar-refractivity contribution in [1.82, 2.24) is 5.32 Å². The maximum atomic E-state index is 12.0. The van der Waals surface area contributed by atoms with Crippen molar-refractivity contribution in [3.05, 3.63) is 29.3 Å². The molecular formula is C14H15ClN2O2. The van der Waals surface area contributed by atoms with Gasteiger partial charge in [-0.1, -0.05) is 11.6 Å². The summed E-state index contributed by atoms with van der Waals surface area (Å²) in [6.07, 6.45) is 2.34. The van der Waals surface area contributed by atoms with E-state index in [2.05, 4.69) is 5.32 Å². The second kappa shape index (κ2) is 4.85. The SMILES string of the molecule is O=C(N[C@H]1CC(=O)N(c2ccc(Cl)cc2)C1)C1CC1. The van der Waals surface area contributed by atoms with Gasteiger partial charge in [0.15, 0.2) is 0 Å². The molecule has 1 aromatic rings. The molecule has 1 aromatic carbocycles. The van der Waals surface area contributed by atoms with Crippen LogP contribution in [0.1, 0.15) is 19.3 Å². The van der Waals surface area contributed by atoms with Gasteiger partial charge >= 0.3 is 0 Å². The highest BCUT2D eigenvalue weighted by atomic mass is 35.5. The highest BCUT2D eigenvalue weighted by molar-refractivity contribution is 6.30. The molecule has 1 atom stereocenters. The predicted molar refractivity (Wildman–Crippen MR) is 73.1 cm³/mol. The van der Waals surface area contributed by atoms with Crippen LogP contribution in [-0.2, 0) is 9.59 Å². The minimum Gasteiger partial charge on any atom is -0.351 e. The standard InChI is InChI=1S/C14H15ClN2O2/c15-10-3-5-12(6-4-10)17-8-11(7-13(17)18)16-14(19)9-1-2-9/h3-6,9,11H,1-2,7-8H2,(H,16,19)/t11-/m0/s1. The largest absolute Gasteiger partial charge is 0.351 e. The monoisotopic (exact) mass is 278 g/mol. The quantitative estimate of drug-likeness (QED) is 0.919. The van der Waals surface area contributed by atoms with Crippen LogP contribution in [-0.4, -0.2) is 24.4 Å². The second-order valence-electron chi connectivity index (χ2n) is 5.16. The van der Waals surface area contributed by atoms with E-state index in [1.54, 1.807) is 17.0 Å². The molecule has 4 nitrogen and oxygen atoms in total. The van der Waals surface area contributed by atoms with Gasteiger partial charge in [-0.15, -0.1) is 0 Å². The molecule has 2 aliphatic rings. The fourth-order valence-corrected chi connectivity index (χ4v) is 2.47. The first-order valence-corrected chi connectivity index (χ1v) is 6.87. The smallest absolute Gasteiger partial charge is 0.229 e. The van der Waals surface area contributed by atoms with Crippen LogP contribution in [0.3, 0.4) is 0 Å². The van der Waals surface area contributed by atoms with Crippen molar-refractivity contribution in [3.63, 3.8) is 0 Å². The summed E-state index contributed by atoms with van der Waals surface area (Å²) in [5.74, 6) is 0.318. The molecule has 3 rings (SSSR count). The summed E-state index contributed by atoms with van der Waals surface area (Å²) in [5.41, 5.74) is 0.831. The maximum Gasteiger partial charge on any atom is 0.229 e. The van der Waals surface area contributed by atoms with E-state index < -0.39 is 0 Å². The summed E-state index contributed by atoms with van der Waals surface area (Å²) in [6.45, 7) is 0.541. The number of carbonyl (C=O) groups excluding carboxylic acids is 2. The van der Waals surface area contributed by atoms with E-state index in [4.69, 9.17) is 11.6 Å². The molecule has 0 bridgehead atoms. The Hall–Kier alpha value is -1.55. The van der Waals surface area contributed by atoms with Crippen molar-refractivity contribution >= 4 is 29.1 Å². The van der Waals surface area contributed by atoms with E-state index in [1.807, 2.05) is 12.1 Å². The molecule has 0 unspecified atom stereocenters. The van der Waals surface area contributed by atoms with Gasteiger partial charge in [-0.05, 0) is 37.1 Å². The molecule has 0 spiro atoms. The fraction of sp³-hybridized carbons (Fsp3) is 0.429. The predicted octanol–water partition coefficient (Wildman–Crippen LogP) is 1.97. The number of hydrogen-bond acceptors (Lipinski definition) is 2. The third-order valence-corrected chi connectivity index (χ3v) is 3.81. The van der Waals surface area contributed by atoms with Crippen LogP contribution >= 0.6 is 11.6 Å². The summed E-state index contributed by atoms with van der Waals surface area (Å²) in [4.78, 5) is 25.4. The number of nitrogens with zero attached hydrogens (tertiary/aromatic N) is 1. The van der Waals surface area contributed by atoms with E-state index in [-0.39, 0.29) is 23.8 Å². The Morgan fingerprint density at radius 3 is 2.58 bits per heavy atom. The van der Waals surface area contributed by atoms with Crippen molar-refractivity contribution in [3.8, 4) is 0 Å². The molecule has 1 N–H and O–H groups in total. The Morgan fingerprint density at radius 1 is 1.26 bits per heavy atom. The van der Waals surface area contributed by atoms with Crippen LogP contribution in [0.5, 0.6) is 0 Å². The summed E-state index contributed by atoms with van der Waals surface area (Å²) in [5, 5.41) is 3.60. The Bertz CT molecular complexity index is 511. The van der Waals surface area contributed by atoms with E-state index in [1.165, 1.54) is 0 Å². The number of benzene rings is 1. The van der Waals surface area contributed by atoms with Gasteiger partial charge in [-0.2, -0.15) is 0 Å². The summed E-state index contributed by atoms with van der Waals surface area (Å²) >= 11 is 5.83. The second-order valence-corrected chi connectivity index (χ2v) is 5.60. The summed E-state index contributed by atoms with van der Waals surface area (Å²) in [6, 6.07) is 7.10. The van der Waals surface area contributed by atoms with Gasteiger partial charge in [0.1, 0.15) is 0 Å². The van der Waals surface area contributed by atoms with Gasteiger partial charge in [0.05, 0.1) is 6.04 Å². The molecule has 1 aliphatic carbocycles.